The molecule has 156 valence electrons. The average molecular weight is 390 g/mol. The summed E-state index contributed by atoms with van der Waals surface area (Å²) in [5, 5.41) is 6.73. The number of carbonyl (C=O) groups excluding carboxylic acids is 1. The molecule has 1 saturated heterocycles. The number of carbonyl (C=O) groups is 1. The largest absolute Gasteiger partial charge is 0.376 e. The summed E-state index contributed by atoms with van der Waals surface area (Å²) in [6.07, 6.45) is 0. The van der Waals surface area contributed by atoms with Crippen molar-refractivity contribution in [1.82, 2.24) is 20.4 Å². The van der Waals surface area contributed by atoms with E-state index in [2.05, 4.69) is 39.6 Å². The Kier molecular flexibility index (Phi) is 9.79. The molecule has 2 rings (SSSR count). The highest BCUT2D eigenvalue weighted by Gasteiger charge is 2.17. The maximum Gasteiger partial charge on any atom is 0.219 e. The number of piperazine rings is 1. The van der Waals surface area contributed by atoms with E-state index in [9.17, 15) is 4.79 Å². The van der Waals surface area contributed by atoms with E-state index in [0.29, 0.717) is 19.1 Å². The molecule has 1 aliphatic rings. The zero-order valence-electron chi connectivity index (χ0n) is 17.5. The fourth-order valence-electron chi connectivity index (χ4n) is 3.12. The van der Waals surface area contributed by atoms with Crippen LogP contribution in [0.4, 0.5) is 0 Å². The summed E-state index contributed by atoms with van der Waals surface area (Å²) in [6, 6.07) is 10.2. The van der Waals surface area contributed by atoms with E-state index >= 15 is 0 Å². The van der Waals surface area contributed by atoms with Crippen LogP contribution in [0.15, 0.2) is 35.3 Å². The molecule has 1 atom stereocenters. The van der Waals surface area contributed by atoms with Gasteiger partial charge in [0.25, 0.3) is 0 Å². The van der Waals surface area contributed by atoms with Crippen molar-refractivity contribution in [3.8, 4) is 0 Å². The first-order valence-electron chi connectivity index (χ1n) is 10.1. The molecule has 1 fully saturated rings. The highest BCUT2D eigenvalue weighted by Crippen LogP contribution is 2.03. The Morgan fingerprint density at radius 3 is 2.54 bits per heavy atom. The Bertz CT molecular complexity index is 600. The van der Waals surface area contributed by atoms with Gasteiger partial charge in [0.15, 0.2) is 5.96 Å². The molecule has 0 spiro atoms. The van der Waals surface area contributed by atoms with E-state index in [4.69, 9.17) is 4.74 Å². The third kappa shape index (κ3) is 8.27. The van der Waals surface area contributed by atoms with Crippen LogP contribution < -0.4 is 10.6 Å². The standard InChI is InChI=1S/C21H35N5O2/c1-18(16-28-17-20-7-5-4-6-8-20)15-24-21(22-3)23-9-10-25-11-13-26(14-12-25)19(2)27/h4-8,18H,9-17H2,1-3H3,(H2,22,23,24). The van der Waals surface area contributed by atoms with Crippen molar-refractivity contribution in [2.75, 3.05) is 59.5 Å². The molecule has 1 heterocycles. The van der Waals surface area contributed by atoms with E-state index in [0.717, 1.165) is 51.8 Å². The molecule has 0 bridgehead atoms. The van der Waals surface area contributed by atoms with Crippen LogP contribution in [0, 0.1) is 5.92 Å². The number of guanidine groups is 1. The third-order valence-electron chi connectivity index (χ3n) is 4.89. The zero-order chi connectivity index (χ0) is 20.2. The topological polar surface area (TPSA) is 69.2 Å². The van der Waals surface area contributed by atoms with Gasteiger partial charge in [-0.25, -0.2) is 0 Å². The second kappa shape index (κ2) is 12.4. The summed E-state index contributed by atoms with van der Waals surface area (Å²) in [5.74, 6) is 1.38. The minimum Gasteiger partial charge on any atom is -0.376 e. The molecular formula is C21H35N5O2. The van der Waals surface area contributed by atoms with Gasteiger partial charge in [0.1, 0.15) is 0 Å². The summed E-state index contributed by atoms with van der Waals surface area (Å²) in [5.41, 5.74) is 1.20. The van der Waals surface area contributed by atoms with Crippen molar-refractivity contribution in [2.24, 2.45) is 10.9 Å². The summed E-state index contributed by atoms with van der Waals surface area (Å²) >= 11 is 0. The number of hydrogen-bond acceptors (Lipinski definition) is 4. The van der Waals surface area contributed by atoms with Crippen LogP contribution >= 0.6 is 0 Å². The molecule has 0 saturated carbocycles. The van der Waals surface area contributed by atoms with Crippen LogP contribution in [-0.2, 0) is 16.1 Å². The molecule has 1 amide bonds. The molecule has 0 aromatic heterocycles. The summed E-state index contributed by atoms with van der Waals surface area (Å²) < 4.78 is 5.80. The SMILES string of the molecule is CN=C(NCCN1CCN(C(C)=O)CC1)NCC(C)COCc1ccccc1. The Morgan fingerprint density at radius 1 is 1.18 bits per heavy atom. The summed E-state index contributed by atoms with van der Waals surface area (Å²) in [6.45, 7) is 11.3. The van der Waals surface area contributed by atoms with E-state index in [1.807, 2.05) is 23.1 Å². The van der Waals surface area contributed by atoms with Gasteiger partial charge in [0, 0.05) is 59.8 Å². The van der Waals surface area contributed by atoms with Crippen LogP contribution in [0.25, 0.3) is 0 Å². The summed E-state index contributed by atoms with van der Waals surface area (Å²) in [4.78, 5) is 19.9. The number of aliphatic imine (C=N–C) groups is 1. The fraction of sp³-hybridized carbons (Fsp3) is 0.619. The molecule has 2 N–H and O–H groups in total. The lowest BCUT2D eigenvalue weighted by molar-refractivity contribution is -0.130. The van der Waals surface area contributed by atoms with Gasteiger partial charge in [-0.3, -0.25) is 14.7 Å². The molecule has 0 aliphatic carbocycles. The van der Waals surface area contributed by atoms with Crippen molar-refractivity contribution in [2.45, 2.75) is 20.5 Å². The number of nitrogens with zero attached hydrogens (tertiary/aromatic N) is 3. The molecular weight excluding hydrogens is 354 g/mol. The minimum absolute atomic E-state index is 0.171. The summed E-state index contributed by atoms with van der Waals surface area (Å²) in [7, 11) is 1.79. The maximum atomic E-state index is 11.4. The van der Waals surface area contributed by atoms with Crippen molar-refractivity contribution >= 4 is 11.9 Å². The minimum atomic E-state index is 0.171. The van der Waals surface area contributed by atoms with Crippen LogP contribution in [0.2, 0.25) is 0 Å². The van der Waals surface area contributed by atoms with E-state index in [1.54, 1.807) is 14.0 Å². The molecule has 7 heteroatoms. The smallest absolute Gasteiger partial charge is 0.219 e. The second-order valence-electron chi connectivity index (χ2n) is 7.33. The van der Waals surface area contributed by atoms with Gasteiger partial charge in [0.2, 0.25) is 5.91 Å². The number of rotatable bonds is 9. The van der Waals surface area contributed by atoms with Crippen LogP contribution in [0.3, 0.4) is 0 Å². The molecule has 7 nitrogen and oxygen atoms in total. The van der Waals surface area contributed by atoms with Crippen LogP contribution in [0.1, 0.15) is 19.4 Å². The molecule has 0 radical (unpaired) electrons. The zero-order valence-corrected chi connectivity index (χ0v) is 17.5. The number of ether oxygens (including phenoxy) is 1. The van der Waals surface area contributed by atoms with E-state index in [1.165, 1.54) is 5.56 Å². The van der Waals surface area contributed by atoms with Gasteiger partial charge in [-0.2, -0.15) is 0 Å². The normalized spacial score (nSPS) is 16.7. The first kappa shape index (κ1) is 22.2. The number of nitrogens with one attached hydrogen (secondary N) is 2. The fourth-order valence-corrected chi connectivity index (χ4v) is 3.12. The lowest BCUT2D eigenvalue weighted by atomic mass is 10.2. The molecule has 1 aromatic carbocycles. The first-order chi connectivity index (χ1) is 13.6. The van der Waals surface area contributed by atoms with Gasteiger partial charge in [-0.05, 0) is 11.5 Å². The Balaban J connectivity index is 1.55. The molecule has 1 aliphatic heterocycles. The van der Waals surface area contributed by atoms with Gasteiger partial charge < -0.3 is 20.3 Å². The highest BCUT2D eigenvalue weighted by molar-refractivity contribution is 5.79. The van der Waals surface area contributed by atoms with Gasteiger partial charge in [-0.1, -0.05) is 37.3 Å². The Morgan fingerprint density at radius 2 is 1.89 bits per heavy atom. The molecule has 28 heavy (non-hydrogen) atoms. The maximum absolute atomic E-state index is 11.4. The highest BCUT2D eigenvalue weighted by atomic mass is 16.5. The predicted molar refractivity (Wildman–Crippen MR) is 113 cm³/mol. The van der Waals surface area contributed by atoms with Crippen LogP contribution in [0.5, 0.6) is 0 Å². The van der Waals surface area contributed by atoms with E-state index < -0.39 is 0 Å². The van der Waals surface area contributed by atoms with Crippen molar-refractivity contribution < 1.29 is 9.53 Å². The number of hydrogen-bond donors (Lipinski definition) is 2. The Hall–Kier alpha value is -2.12. The lowest BCUT2D eigenvalue weighted by Crippen LogP contribution is -2.50. The number of amides is 1. The number of benzene rings is 1. The monoisotopic (exact) mass is 389 g/mol. The quantitative estimate of drug-likeness (QED) is 0.490. The van der Waals surface area contributed by atoms with Gasteiger partial charge in [-0.15, -0.1) is 0 Å². The van der Waals surface area contributed by atoms with Crippen molar-refractivity contribution in [1.29, 1.82) is 0 Å². The van der Waals surface area contributed by atoms with Crippen molar-refractivity contribution in [3.05, 3.63) is 35.9 Å². The van der Waals surface area contributed by atoms with Gasteiger partial charge in [0.05, 0.1) is 13.2 Å². The van der Waals surface area contributed by atoms with Crippen LogP contribution in [-0.4, -0.2) is 81.1 Å². The Labute approximate surface area is 169 Å². The first-order valence-corrected chi connectivity index (χ1v) is 10.1. The molecule has 1 aromatic rings. The lowest BCUT2D eigenvalue weighted by Gasteiger charge is -2.34. The third-order valence-corrected chi connectivity index (χ3v) is 4.89. The van der Waals surface area contributed by atoms with Gasteiger partial charge >= 0.3 is 0 Å². The second-order valence-corrected chi connectivity index (χ2v) is 7.33. The predicted octanol–water partition coefficient (Wildman–Crippen LogP) is 1.17. The van der Waals surface area contributed by atoms with E-state index in [-0.39, 0.29) is 5.91 Å². The average Bonchev–Trinajstić information content (AvgIpc) is 2.71. The molecule has 1 unspecified atom stereocenters. The van der Waals surface area contributed by atoms with Crippen molar-refractivity contribution in [3.63, 3.8) is 0 Å².